The van der Waals surface area contributed by atoms with E-state index in [4.69, 9.17) is 4.99 Å². The first kappa shape index (κ1) is 23.3. The van der Waals surface area contributed by atoms with Gasteiger partial charge in [-0.3, -0.25) is 0 Å². The van der Waals surface area contributed by atoms with Crippen LogP contribution >= 0.6 is 24.0 Å². The van der Waals surface area contributed by atoms with Crippen LogP contribution in [0.4, 0.5) is 0 Å². The van der Waals surface area contributed by atoms with Crippen molar-refractivity contribution in [1.29, 1.82) is 0 Å². The second kappa shape index (κ2) is 10.8. The first-order valence-corrected chi connectivity index (χ1v) is 10.8. The number of aromatic nitrogens is 4. The van der Waals surface area contributed by atoms with Crippen LogP contribution in [0.15, 0.2) is 60.2 Å². The summed E-state index contributed by atoms with van der Waals surface area (Å²) in [5.74, 6) is 1.59. The Morgan fingerprint density at radius 2 is 2.06 bits per heavy atom. The molecule has 3 aromatic rings. The summed E-state index contributed by atoms with van der Waals surface area (Å²) in [6.45, 7) is 9.86. The molecule has 166 valence electrons. The monoisotopic (exact) mass is 533 g/mol. The van der Waals surface area contributed by atoms with Gasteiger partial charge in [0.05, 0.1) is 30.3 Å². The SMILES string of the molecule is CCNC(=NCc1ccccc1-n1ccc(C)n1)N1CCC(C)C(n2ccnc2)C1.I. The molecule has 0 aliphatic carbocycles. The van der Waals surface area contributed by atoms with E-state index in [1.54, 1.807) is 0 Å². The number of likely N-dealkylation sites (tertiary alicyclic amines) is 1. The lowest BCUT2D eigenvalue weighted by Gasteiger charge is -2.39. The molecule has 0 bridgehead atoms. The van der Waals surface area contributed by atoms with E-state index in [1.165, 1.54) is 0 Å². The zero-order valence-corrected chi connectivity index (χ0v) is 20.8. The molecule has 1 aliphatic heterocycles. The number of imidazole rings is 1. The van der Waals surface area contributed by atoms with Crippen molar-refractivity contribution in [1.82, 2.24) is 29.5 Å². The van der Waals surface area contributed by atoms with Crippen LogP contribution in [0, 0.1) is 12.8 Å². The minimum absolute atomic E-state index is 0. The van der Waals surface area contributed by atoms with E-state index in [0.29, 0.717) is 18.5 Å². The van der Waals surface area contributed by atoms with E-state index in [9.17, 15) is 0 Å². The Hall–Kier alpha value is -2.36. The molecule has 2 unspecified atom stereocenters. The number of aryl methyl sites for hydroxylation is 1. The first-order valence-electron chi connectivity index (χ1n) is 10.8. The molecule has 8 heteroatoms. The van der Waals surface area contributed by atoms with Gasteiger partial charge in [-0.25, -0.2) is 14.7 Å². The fraction of sp³-hybridized carbons (Fsp3) is 0.435. The van der Waals surface area contributed by atoms with Gasteiger partial charge < -0.3 is 14.8 Å². The minimum Gasteiger partial charge on any atom is -0.357 e. The van der Waals surface area contributed by atoms with Crippen molar-refractivity contribution < 1.29 is 0 Å². The lowest BCUT2D eigenvalue weighted by molar-refractivity contribution is 0.189. The van der Waals surface area contributed by atoms with E-state index in [1.807, 2.05) is 42.5 Å². The first-order chi connectivity index (χ1) is 14.7. The van der Waals surface area contributed by atoms with Crippen LogP contribution in [0.3, 0.4) is 0 Å². The van der Waals surface area contributed by atoms with Crippen molar-refractivity contribution >= 4 is 29.9 Å². The Kier molecular flexibility index (Phi) is 8.11. The van der Waals surface area contributed by atoms with Gasteiger partial charge in [-0.15, -0.1) is 24.0 Å². The smallest absolute Gasteiger partial charge is 0.194 e. The summed E-state index contributed by atoms with van der Waals surface area (Å²) >= 11 is 0. The number of piperidine rings is 1. The summed E-state index contributed by atoms with van der Waals surface area (Å²) < 4.78 is 4.17. The van der Waals surface area contributed by atoms with Gasteiger partial charge in [-0.05, 0) is 43.9 Å². The van der Waals surface area contributed by atoms with Crippen LogP contribution in [0.25, 0.3) is 5.69 Å². The molecule has 31 heavy (non-hydrogen) atoms. The fourth-order valence-corrected chi connectivity index (χ4v) is 4.10. The average Bonchev–Trinajstić information content (AvgIpc) is 3.44. The molecule has 1 aliphatic rings. The molecule has 3 heterocycles. The molecular formula is C23H32IN7. The number of guanidine groups is 1. The van der Waals surface area contributed by atoms with Gasteiger partial charge in [0.25, 0.3) is 0 Å². The molecule has 1 saturated heterocycles. The normalized spacial score (nSPS) is 19.2. The summed E-state index contributed by atoms with van der Waals surface area (Å²) in [5.41, 5.74) is 3.25. The van der Waals surface area contributed by atoms with Gasteiger partial charge >= 0.3 is 0 Å². The molecule has 7 nitrogen and oxygen atoms in total. The molecule has 1 fully saturated rings. The molecule has 1 aromatic carbocycles. The number of nitrogens with one attached hydrogen (secondary N) is 1. The van der Waals surface area contributed by atoms with Crippen molar-refractivity contribution in [2.45, 2.75) is 39.8 Å². The Morgan fingerprint density at radius 3 is 2.77 bits per heavy atom. The van der Waals surface area contributed by atoms with E-state index in [-0.39, 0.29) is 24.0 Å². The third kappa shape index (κ3) is 5.47. The fourth-order valence-electron chi connectivity index (χ4n) is 4.10. The van der Waals surface area contributed by atoms with Gasteiger partial charge in [-0.2, -0.15) is 5.10 Å². The van der Waals surface area contributed by atoms with Crippen LogP contribution < -0.4 is 5.32 Å². The Morgan fingerprint density at radius 1 is 1.23 bits per heavy atom. The topological polar surface area (TPSA) is 63.3 Å². The highest BCUT2D eigenvalue weighted by atomic mass is 127. The van der Waals surface area contributed by atoms with Gasteiger partial charge in [0, 0.05) is 38.2 Å². The number of para-hydroxylation sites is 1. The highest BCUT2D eigenvalue weighted by Crippen LogP contribution is 2.27. The quantitative estimate of drug-likeness (QED) is 0.306. The Balaban J connectivity index is 0.00000272. The maximum absolute atomic E-state index is 5.01. The lowest BCUT2D eigenvalue weighted by Crippen LogP contribution is -2.49. The van der Waals surface area contributed by atoms with Crippen molar-refractivity contribution in [3.8, 4) is 5.69 Å². The Labute approximate surface area is 201 Å². The number of nitrogens with zero attached hydrogens (tertiary/aromatic N) is 6. The minimum atomic E-state index is 0. The number of benzene rings is 1. The van der Waals surface area contributed by atoms with Gasteiger partial charge in [0.15, 0.2) is 5.96 Å². The van der Waals surface area contributed by atoms with Gasteiger partial charge in [0.2, 0.25) is 0 Å². The molecule has 0 amide bonds. The second-order valence-corrected chi connectivity index (χ2v) is 7.99. The maximum Gasteiger partial charge on any atom is 0.194 e. The van der Waals surface area contributed by atoms with Crippen LogP contribution in [-0.2, 0) is 6.54 Å². The third-order valence-electron chi connectivity index (χ3n) is 5.82. The summed E-state index contributed by atoms with van der Waals surface area (Å²) in [6, 6.07) is 10.8. The molecule has 2 atom stereocenters. The van der Waals surface area contributed by atoms with E-state index in [2.05, 4.69) is 63.1 Å². The Bertz CT molecular complexity index is 979. The number of rotatable bonds is 5. The average molecular weight is 533 g/mol. The molecule has 1 N–H and O–H groups in total. The van der Waals surface area contributed by atoms with Crippen molar-refractivity contribution in [3.63, 3.8) is 0 Å². The second-order valence-electron chi connectivity index (χ2n) is 7.99. The summed E-state index contributed by atoms with van der Waals surface area (Å²) in [5, 5.41) is 8.07. The zero-order valence-electron chi connectivity index (χ0n) is 18.5. The van der Waals surface area contributed by atoms with E-state index >= 15 is 0 Å². The summed E-state index contributed by atoms with van der Waals surface area (Å²) in [6.07, 6.45) is 8.99. The van der Waals surface area contributed by atoms with Crippen LogP contribution in [0.1, 0.15) is 37.6 Å². The largest absolute Gasteiger partial charge is 0.357 e. The number of hydrogen-bond donors (Lipinski definition) is 1. The highest BCUT2D eigenvalue weighted by Gasteiger charge is 2.28. The summed E-state index contributed by atoms with van der Waals surface area (Å²) in [7, 11) is 0. The standard InChI is InChI=1S/C23H31N7.HI/c1-4-25-23(28-12-9-18(2)22(16-28)29-14-11-24-17-29)26-15-20-7-5-6-8-21(20)30-13-10-19(3)27-30;/h5-8,10-11,13-14,17-18,22H,4,9,12,15-16H2,1-3H3,(H,25,26);1H. The van der Waals surface area contributed by atoms with Crippen molar-refractivity contribution in [2.75, 3.05) is 19.6 Å². The molecule has 0 radical (unpaired) electrons. The van der Waals surface area contributed by atoms with Crippen molar-refractivity contribution in [3.05, 3.63) is 66.5 Å². The number of halogens is 1. The summed E-state index contributed by atoms with van der Waals surface area (Å²) in [4.78, 5) is 11.6. The third-order valence-corrected chi connectivity index (χ3v) is 5.82. The highest BCUT2D eigenvalue weighted by molar-refractivity contribution is 14.0. The molecule has 0 saturated carbocycles. The molecule has 4 rings (SSSR count). The van der Waals surface area contributed by atoms with E-state index in [0.717, 1.165) is 49.0 Å². The predicted octanol–water partition coefficient (Wildman–Crippen LogP) is 4.04. The molecular weight excluding hydrogens is 501 g/mol. The molecule has 0 spiro atoms. The van der Waals surface area contributed by atoms with Crippen LogP contribution in [-0.4, -0.2) is 49.8 Å². The van der Waals surface area contributed by atoms with Crippen LogP contribution in [0.2, 0.25) is 0 Å². The number of aliphatic imine (C=N–C) groups is 1. The predicted molar refractivity (Wildman–Crippen MR) is 135 cm³/mol. The maximum atomic E-state index is 5.01. The van der Waals surface area contributed by atoms with E-state index < -0.39 is 0 Å². The van der Waals surface area contributed by atoms with Crippen LogP contribution in [0.5, 0.6) is 0 Å². The lowest BCUT2D eigenvalue weighted by atomic mass is 9.93. The van der Waals surface area contributed by atoms with Gasteiger partial charge in [0.1, 0.15) is 0 Å². The number of hydrogen-bond acceptors (Lipinski definition) is 3. The zero-order chi connectivity index (χ0) is 20.9. The molecule has 2 aromatic heterocycles. The van der Waals surface area contributed by atoms with Crippen molar-refractivity contribution in [2.24, 2.45) is 10.9 Å². The van der Waals surface area contributed by atoms with Gasteiger partial charge in [-0.1, -0.05) is 25.1 Å².